The predicted molar refractivity (Wildman–Crippen MR) is 96.6 cm³/mol. The number of aromatic nitrogens is 2. The van der Waals surface area contributed by atoms with Crippen LogP contribution in [-0.4, -0.2) is 45.6 Å². The highest BCUT2D eigenvalue weighted by Gasteiger charge is 2.59. The lowest BCUT2D eigenvalue weighted by Crippen LogP contribution is -2.46. The summed E-state index contributed by atoms with van der Waals surface area (Å²) >= 11 is 0. The number of carbonyl (C=O) groups is 3. The molecule has 2 aromatic rings. The van der Waals surface area contributed by atoms with Gasteiger partial charge in [-0.3, -0.25) is 14.3 Å². The number of anilines is 1. The van der Waals surface area contributed by atoms with E-state index in [4.69, 9.17) is 5.73 Å². The molecule has 2 aliphatic rings. The molecule has 0 bridgehead atoms. The van der Waals surface area contributed by atoms with Crippen LogP contribution >= 0.6 is 0 Å². The van der Waals surface area contributed by atoms with Gasteiger partial charge in [0, 0.05) is 31.0 Å². The van der Waals surface area contributed by atoms with E-state index in [1.54, 1.807) is 22.8 Å². The zero-order valence-electron chi connectivity index (χ0n) is 14.8. The fraction of sp³-hybridized carbons (Fsp3) is 0.333. The number of carbonyl (C=O) groups excluding carboxylic acids is 3. The second-order valence-electron chi connectivity index (χ2n) is 6.88. The van der Waals surface area contributed by atoms with Crippen LogP contribution in [0, 0.1) is 0 Å². The van der Waals surface area contributed by atoms with Crippen molar-refractivity contribution in [3.8, 4) is 0 Å². The molecule has 4 rings (SSSR count). The molecule has 0 radical (unpaired) electrons. The summed E-state index contributed by atoms with van der Waals surface area (Å²) in [5, 5.41) is 9.51. The fourth-order valence-electron chi connectivity index (χ4n) is 4.26. The minimum atomic E-state index is -0.887. The minimum absolute atomic E-state index is 0.129. The standard InChI is InChI=1S/C18H20N6O3/c1-23-10-11(8-21-23)15-18(6-7-24(15)14(25)9-20-17(19)27)12-4-2-3-5-13(12)22-16(18)26/h2-5,8,10,15H,6-7,9H2,1H3,(H,22,26)(H3,19,20,27). The van der Waals surface area contributed by atoms with E-state index in [0.717, 1.165) is 16.8 Å². The summed E-state index contributed by atoms with van der Waals surface area (Å²) in [6.45, 7) is 0.173. The zero-order valence-corrected chi connectivity index (χ0v) is 14.8. The Labute approximate surface area is 155 Å². The monoisotopic (exact) mass is 368 g/mol. The van der Waals surface area contributed by atoms with Crippen molar-refractivity contribution in [3.05, 3.63) is 47.8 Å². The smallest absolute Gasteiger partial charge is 0.312 e. The minimum Gasteiger partial charge on any atom is -0.352 e. The molecule has 4 amide bonds. The molecular formula is C18H20N6O3. The van der Waals surface area contributed by atoms with E-state index in [0.29, 0.717) is 13.0 Å². The second-order valence-corrected chi connectivity index (χ2v) is 6.88. The maximum atomic E-state index is 13.1. The molecule has 3 heterocycles. The summed E-state index contributed by atoms with van der Waals surface area (Å²) in [7, 11) is 1.79. The van der Waals surface area contributed by atoms with Crippen LogP contribution in [0.4, 0.5) is 10.5 Å². The van der Waals surface area contributed by atoms with Gasteiger partial charge < -0.3 is 21.3 Å². The van der Waals surface area contributed by atoms with Crippen molar-refractivity contribution in [2.45, 2.75) is 17.9 Å². The van der Waals surface area contributed by atoms with Gasteiger partial charge in [0.2, 0.25) is 11.8 Å². The Morgan fingerprint density at radius 3 is 2.89 bits per heavy atom. The molecule has 27 heavy (non-hydrogen) atoms. The van der Waals surface area contributed by atoms with Crippen molar-refractivity contribution in [1.82, 2.24) is 20.0 Å². The van der Waals surface area contributed by atoms with Crippen LogP contribution in [0.5, 0.6) is 0 Å². The summed E-state index contributed by atoms with van der Waals surface area (Å²) in [4.78, 5) is 38.5. The highest BCUT2D eigenvalue weighted by Crippen LogP contribution is 2.54. The Hall–Kier alpha value is -3.36. The van der Waals surface area contributed by atoms with Crippen molar-refractivity contribution in [2.24, 2.45) is 12.8 Å². The number of nitrogens with zero attached hydrogens (tertiary/aromatic N) is 3. The van der Waals surface area contributed by atoms with Gasteiger partial charge in [0.05, 0.1) is 18.8 Å². The van der Waals surface area contributed by atoms with Crippen LogP contribution in [0.3, 0.4) is 0 Å². The molecule has 9 nitrogen and oxygen atoms in total. The SMILES string of the molecule is Cn1cc(C2N(C(=O)CNC(N)=O)CCC23C(=O)Nc2ccccc23)cn1. The number of fused-ring (bicyclic) bond motifs is 2. The first-order valence-corrected chi connectivity index (χ1v) is 8.66. The van der Waals surface area contributed by atoms with E-state index >= 15 is 0 Å². The molecule has 2 unspecified atom stereocenters. The normalized spacial score (nSPS) is 23.4. The lowest BCUT2D eigenvalue weighted by atomic mass is 9.73. The first-order valence-electron chi connectivity index (χ1n) is 8.66. The number of nitrogens with two attached hydrogens (primary N) is 1. The fourth-order valence-corrected chi connectivity index (χ4v) is 4.26. The average molecular weight is 368 g/mol. The number of amides is 4. The van der Waals surface area contributed by atoms with Gasteiger partial charge in [-0.1, -0.05) is 18.2 Å². The number of hydrogen-bond donors (Lipinski definition) is 3. The van der Waals surface area contributed by atoms with Gasteiger partial charge in [-0.15, -0.1) is 0 Å². The lowest BCUT2D eigenvalue weighted by molar-refractivity contribution is -0.132. The first-order chi connectivity index (χ1) is 12.9. The van der Waals surface area contributed by atoms with Gasteiger partial charge in [0.15, 0.2) is 0 Å². The topological polar surface area (TPSA) is 122 Å². The maximum Gasteiger partial charge on any atom is 0.312 e. The van der Waals surface area contributed by atoms with Crippen molar-refractivity contribution < 1.29 is 14.4 Å². The molecule has 1 saturated heterocycles. The molecule has 2 atom stereocenters. The average Bonchev–Trinajstić information content (AvgIpc) is 3.31. The molecule has 2 aliphatic heterocycles. The number of nitrogens with one attached hydrogen (secondary N) is 2. The Balaban J connectivity index is 1.80. The van der Waals surface area contributed by atoms with E-state index < -0.39 is 17.5 Å². The molecule has 9 heteroatoms. The zero-order chi connectivity index (χ0) is 19.2. The van der Waals surface area contributed by atoms with Gasteiger partial charge >= 0.3 is 6.03 Å². The number of hydrogen-bond acceptors (Lipinski definition) is 4. The molecule has 0 saturated carbocycles. The summed E-state index contributed by atoms with van der Waals surface area (Å²) in [5.74, 6) is -0.424. The number of urea groups is 1. The van der Waals surface area contributed by atoms with Crippen molar-refractivity contribution in [2.75, 3.05) is 18.4 Å². The largest absolute Gasteiger partial charge is 0.352 e. The molecule has 1 aromatic carbocycles. The number of likely N-dealkylation sites (tertiary alicyclic amines) is 1. The van der Waals surface area contributed by atoms with Gasteiger partial charge in [0.25, 0.3) is 0 Å². The van der Waals surface area contributed by atoms with Crippen LogP contribution in [-0.2, 0) is 22.1 Å². The number of para-hydroxylation sites is 1. The Morgan fingerprint density at radius 2 is 2.19 bits per heavy atom. The molecule has 1 aromatic heterocycles. The summed E-state index contributed by atoms with van der Waals surface area (Å²) in [6, 6.07) is 6.26. The Bertz CT molecular complexity index is 939. The van der Waals surface area contributed by atoms with Crippen molar-refractivity contribution >= 4 is 23.5 Å². The number of aryl methyl sites for hydroxylation is 1. The third kappa shape index (κ3) is 2.54. The molecule has 1 spiro atoms. The van der Waals surface area contributed by atoms with Crippen LogP contribution in [0.25, 0.3) is 0 Å². The van der Waals surface area contributed by atoms with E-state index in [2.05, 4.69) is 15.7 Å². The van der Waals surface area contributed by atoms with Crippen molar-refractivity contribution in [3.63, 3.8) is 0 Å². The summed E-state index contributed by atoms with van der Waals surface area (Å²) < 4.78 is 1.64. The second kappa shape index (κ2) is 6.11. The highest BCUT2D eigenvalue weighted by atomic mass is 16.2. The van der Waals surface area contributed by atoms with E-state index in [-0.39, 0.29) is 18.4 Å². The van der Waals surface area contributed by atoms with Gasteiger partial charge in [-0.25, -0.2) is 4.79 Å². The van der Waals surface area contributed by atoms with Crippen LogP contribution in [0.15, 0.2) is 36.7 Å². The number of rotatable bonds is 3. The van der Waals surface area contributed by atoms with Gasteiger partial charge in [-0.05, 0) is 18.1 Å². The quantitative estimate of drug-likeness (QED) is 0.719. The third-order valence-corrected chi connectivity index (χ3v) is 5.36. The number of benzene rings is 1. The van der Waals surface area contributed by atoms with Crippen LogP contribution in [0.2, 0.25) is 0 Å². The molecule has 140 valence electrons. The highest BCUT2D eigenvalue weighted by molar-refractivity contribution is 6.07. The first kappa shape index (κ1) is 17.1. The maximum absolute atomic E-state index is 13.1. The van der Waals surface area contributed by atoms with E-state index in [1.807, 2.05) is 30.5 Å². The molecule has 1 fully saturated rings. The lowest BCUT2D eigenvalue weighted by Gasteiger charge is -2.33. The van der Waals surface area contributed by atoms with E-state index in [9.17, 15) is 14.4 Å². The number of primary amides is 1. The Morgan fingerprint density at radius 1 is 1.41 bits per heavy atom. The van der Waals surface area contributed by atoms with Gasteiger partial charge in [0.1, 0.15) is 5.41 Å². The molecular weight excluding hydrogens is 348 g/mol. The summed E-state index contributed by atoms with van der Waals surface area (Å²) in [5.41, 5.74) is 6.62. The Kier molecular flexibility index (Phi) is 3.87. The van der Waals surface area contributed by atoms with Crippen LogP contribution in [0.1, 0.15) is 23.6 Å². The van der Waals surface area contributed by atoms with Gasteiger partial charge in [-0.2, -0.15) is 5.10 Å². The third-order valence-electron chi connectivity index (χ3n) is 5.36. The predicted octanol–water partition coefficient (Wildman–Crippen LogP) is 0.252. The van der Waals surface area contributed by atoms with E-state index in [1.165, 1.54) is 0 Å². The van der Waals surface area contributed by atoms with Crippen LogP contribution < -0.4 is 16.4 Å². The van der Waals surface area contributed by atoms with Crippen molar-refractivity contribution in [1.29, 1.82) is 0 Å². The molecule has 4 N–H and O–H groups in total. The molecule has 0 aliphatic carbocycles. The summed E-state index contributed by atoms with van der Waals surface area (Å²) in [6.07, 6.45) is 3.97.